The zero-order valence-corrected chi connectivity index (χ0v) is 81.4. The minimum atomic E-state index is -3.59. The van der Waals surface area contributed by atoms with Crippen molar-refractivity contribution in [2.75, 3.05) is 24.7 Å². The third-order valence-corrected chi connectivity index (χ3v) is 28.6. The van der Waals surface area contributed by atoms with Crippen LogP contribution in [-0.4, -0.2) is 60.0 Å². The van der Waals surface area contributed by atoms with Gasteiger partial charge in [0.25, 0.3) is 0 Å². The molecule has 0 saturated heterocycles. The number of ether oxygens (including phenoxy) is 2. The molecule has 0 radical (unpaired) electrons. The predicted molar refractivity (Wildman–Crippen MR) is 514 cm³/mol. The summed E-state index contributed by atoms with van der Waals surface area (Å²) in [4.78, 5) is 40.5. The number of hydrogen-bond acceptors (Lipinski definition) is 17. The highest BCUT2D eigenvalue weighted by Gasteiger charge is 2.23. The van der Waals surface area contributed by atoms with E-state index in [4.69, 9.17) is 20.9 Å². The Morgan fingerprint density at radius 2 is 0.828 bits per heavy atom. The highest BCUT2D eigenvalue weighted by Crippen LogP contribution is 2.37. The Hall–Kier alpha value is -5.28. The molecule has 3 heterocycles. The topological polar surface area (TPSA) is 177 Å². The number of hydrogen-bond donors (Lipinski definition) is 2. The molecule has 0 amide bonds. The van der Waals surface area contributed by atoms with Crippen molar-refractivity contribution in [3.8, 4) is 33.4 Å². The third-order valence-electron chi connectivity index (χ3n) is 18.3. The standard InChI is InChI=1S/C25H34O2S.C19H29BrO2S.C18H18N2O2S2.C18H18N2S2.C8H8Br2.C5H6BrNS.ClH/c1-4-7-11-20(5-2)19-27-25(26)14-15-28-24-17-21(6-3)16-23(18-24)22-12-9-8-10-13-22;1-4-7-8-15(5-2)14-22-19(21)9-10-23-18-12-16(6-3)11-17(20)13-18;1-2-13-8-15(14-6-4-3-5-7-14)10-16(9-13)24(21,22)18-12-20-17(11-19)23-18;1-2-13-8-15(14-6-4-3-5-7-14)10-16(9-13)21-18-12-20-17(11-19)22-18;1-2-6-3-7(9)5-8(10)4-6;1-2-5-7-3-4(6)8-5;/h8-10,12-13,16-18,20H,4-7,11,14-15,19H2,1-3H3;11-13,15H,4-10,14H2,1-3H3;3-10,12H,2,11,19H2,1H3;3-10,12H,2,11,19H2,1H3;3-5H,2H2,1H3;3H,2H2,1H3;1H. The molecule has 23 heteroatoms. The van der Waals surface area contributed by atoms with Crippen LogP contribution in [0.25, 0.3) is 33.4 Å². The Morgan fingerprint density at radius 1 is 0.431 bits per heavy atom. The molecule has 11 aromatic rings. The second-order valence-corrected chi connectivity index (χ2v) is 40.4. The lowest BCUT2D eigenvalue weighted by molar-refractivity contribution is -0.145. The van der Waals surface area contributed by atoms with E-state index in [0.717, 1.165) is 126 Å². The molecule has 11 rings (SSSR count). The van der Waals surface area contributed by atoms with Crippen LogP contribution in [-0.2, 0) is 80.5 Å². The third kappa shape index (κ3) is 37.4. The minimum Gasteiger partial charge on any atom is -0.465 e. The molecule has 11 nitrogen and oxygen atoms in total. The number of carbonyl (C=O) groups is 2. The SMILES string of the molecule is CCCCC(CC)COC(=O)CCSc1cc(Br)cc(CC)c1.CCCCC(CC)COC(=O)CCSc1cc(CC)cc(-c2ccccc2)c1.CCc1cc(-c2ccccc2)cc(S(=O)(=O)c2cnc(CN)s2)c1.CCc1cc(Br)cc(Br)c1.CCc1cc(Sc2cnc(CN)s2)cc(-c2ccccc2)c1.CCc1ncc(Br)s1.Cl. The number of nitrogens with zero attached hydrogens (tertiary/aromatic N) is 3. The smallest absolute Gasteiger partial charge is 0.306 e. The van der Waals surface area contributed by atoms with Crippen molar-refractivity contribution in [3.05, 3.63) is 261 Å². The molecule has 0 aliphatic heterocycles. The number of carbonyl (C=O) groups excluding carboxylic acids is 2. The van der Waals surface area contributed by atoms with E-state index in [2.05, 4.69) is 262 Å². The van der Waals surface area contributed by atoms with Gasteiger partial charge in [0.2, 0.25) is 9.84 Å². The number of esters is 2. The number of aromatic nitrogens is 3. The Kier molecular flexibility index (Phi) is 49.8. The van der Waals surface area contributed by atoms with Gasteiger partial charge in [0, 0.05) is 52.7 Å². The van der Waals surface area contributed by atoms with Crippen LogP contribution in [0.1, 0.15) is 176 Å². The summed E-state index contributed by atoms with van der Waals surface area (Å²) >= 11 is 23.4. The van der Waals surface area contributed by atoms with Crippen molar-refractivity contribution in [1.82, 2.24) is 15.0 Å². The van der Waals surface area contributed by atoms with E-state index in [-0.39, 0.29) is 35.1 Å². The Bertz CT molecular complexity index is 4750. The fourth-order valence-corrected chi connectivity index (χ4v) is 21.3. The molecule has 0 fully saturated rings. The second-order valence-electron chi connectivity index (χ2n) is 27.0. The average Bonchev–Trinajstić information content (AvgIpc) is 1.44. The van der Waals surface area contributed by atoms with Gasteiger partial charge in [-0.15, -0.1) is 69.9 Å². The summed E-state index contributed by atoms with van der Waals surface area (Å²) in [6.07, 6.45) is 21.3. The maximum Gasteiger partial charge on any atom is 0.306 e. The highest BCUT2D eigenvalue weighted by atomic mass is 79.9. The summed E-state index contributed by atoms with van der Waals surface area (Å²) in [5.41, 5.74) is 24.4. The van der Waals surface area contributed by atoms with Gasteiger partial charge in [-0.2, -0.15) is 0 Å². The molecule has 0 spiro atoms. The van der Waals surface area contributed by atoms with Crippen LogP contribution >= 0.6 is 145 Å². The minimum absolute atomic E-state index is 0. The van der Waals surface area contributed by atoms with Gasteiger partial charge in [0.05, 0.1) is 62.5 Å². The van der Waals surface area contributed by atoms with Crippen LogP contribution in [0.3, 0.4) is 0 Å². The summed E-state index contributed by atoms with van der Waals surface area (Å²) in [7, 11) is -3.59. The first-order valence-corrected chi connectivity index (χ1v) is 49.7. The molecule has 624 valence electrons. The summed E-state index contributed by atoms with van der Waals surface area (Å²) in [6.45, 7) is 23.4. The number of unbranched alkanes of at least 4 members (excludes halogenated alkanes) is 2. The van der Waals surface area contributed by atoms with Gasteiger partial charge in [-0.3, -0.25) is 9.59 Å². The number of benzene rings is 8. The largest absolute Gasteiger partial charge is 0.465 e. The van der Waals surface area contributed by atoms with Crippen molar-refractivity contribution in [2.45, 2.75) is 213 Å². The number of nitrogens with two attached hydrogens (primary N) is 2. The van der Waals surface area contributed by atoms with Crippen LogP contribution < -0.4 is 11.5 Å². The Morgan fingerprint density at radius 3 is 1.23 bits per heavy atom. The molecular weight excluding hydrogens is 1860 g/mol. The summed E-state index contributed by atoms with van der Waals surface area (Å²) in [6, 6.07) is 62.5. The molecule has 3 aromatic heterocycles. The molecule has 8 aromatic carbocycles. The van der Waals surface area contributed by atoms with Gasteiger partial charge in [-0.25, -0.2) is 23.4 Å². The normalized spacial score (nSPS) is 11.3. The molecule has 2 unspecified atom stereocenters. The lowest BCUT2D eigenvalue weighted by Crippen LogP contribution is -2.14. The van der Waals surface area contributed by atoms with Gasteiger partial charge >= 0.3 is 11.9 Å². The molecule has 0 aliphatic carbocycles. The maximum absolute atomic E-state index is 12.9. The molecule has 0 aliphatic rings. The first kappa shape index (κ1) is 101. The van der Waals surface area contributed by atoms with E-state index in [1.165, 1.54) is 100 Å². The summed E-state index contributed by atoms with van der Waals surface area (Å²) < 4.78 is 42.8. The first-order chi connectivity index (χ1) is 55.6. The highest BCUT2D eigenvalue weighted by molar-refractivity contribution is 9.11. The van der Waals surface area contributed by atoms with Crippen molar-refractivity contribution >= 4 is 167 Å². The first-order valence-electron chi connectivity index (χ1n) is 39.8. The van der Waals surface area contributed by atoms with E-state index in [1.807, 2.05) is 67.8 Å². The molecule has 2 atom stereocenters. The number of rotatable bonds is 35. The van der Waals surface area contributed by atoms with Crippen LogP contribution in [0.4, 0.5) is 0 Å². The molecular formula is C93H114Br4ClN5O6S7. The van der Waals surface area contributed by atoms with Crippen molar-refractivity contribution in [3.63, 3.8) is 0 Å². The molecule has 116 heavy (non-hydrogen) atoms. The fraction of sp³-hybridized carbons (Fsp3) is 0.366. The lowest BCUT2D eigenvalue weighted by atomic mass is 10.0. The summed E-state index contributed by atoms with van der Waals surface area (Å²) in [5, 5.41) is 2.79. The maximum atomic E-state index is 12.9. The van der Waals surface area contributed by atoms with Crippen LogP contribution in [0.15, 0.2) is 246 Å². The van der Waals surface area contributed by atoms with Gasteiger partial charge in [-0.1, -0.05) is 277 Å². The molecule has 0 bridgehead atoms. The number of sulfone groups is 1. The molecule has 4 N–H and O–H groups in total. The predicted octanol–water partition coefficient (Wildman–Crippen LogP) is 28.7. The van der Waals surface area contributed by atoms with E-state index >= 15 is 0 Å². The monoisotopic (exact) mass is 1970 g/mol. The second kappa shape index (κ2) is 57.1. The van der Waals surface area contributed by atoms with E-state index in [9.17, 15) is 18.0 Å². The Labute approximate surface area is 757 Å². The lowest BCUT2D eigenvalue weighted by Gasteiger charge is -2.14. The zero-order valence-electron chi connectivity index (χ0n) is 68.5. The number of thiazole rings is 3. The quantitative estimate of drug-likeness (QED) is 0.0283. The van der Waals surface area contributed by atoms with Gasteiger partial charge in [0.1, 0.15) is 14.2 Å². The molecule has 0 saturated carbocycles. The average molecular weight is 1980 g/mol. The van der Waals surface area contributed by atoms with Gasteiger partial charge in [0.15, 0.2) is 0 Å². The van der Waals surface area contributed by atoms with Crippen LogP contribution in [0.5, 0.6) is 0 Å². The van der Waals surface area contributed by atoms with Gasteiger partial charge in [-0.05, 0) is 213 Å². The number of thioether (sulfide) groups is 2. The fourth-order valence-electron chi connectivity index (χ4n) is 11.5. The van der Waals surface area contributed by atoms with Gasteiger partial charge < -0.3 is 20.9 Å². The van der Waals surface area contributed by atoms with Crippen molar-refractivity contribution in [2.24, 2.45) is 23.3 Å². The van der Waals surface area contributed by atoms with Crippen molar-refractivity contribution in [1.29, 1.82) is 0 Å². The van der Waals surface area contributed by atoms with E-state index < -0.39 is 9.84 Å². The zero-order chi connectivity index (χ0) is 83.3. The number of aryl methyl sites for hydroxylation is 6. The van der Waals surface area contributed by atoms with E-state index in [1.54, 1.807) is 70.1 Å². The Balaban J connectivity index is 0.000000257. The van der Waals surface area contributed by atoms with Crippen LogP contribution in [0.2, 0.25) is 0 Å². The van der Waals surface area contributed by atoms with Crippen molar-refractivity contribution < 1.29 is 27.5 Å². The van der Waals surface area contributed by atoms with Crippen LogP contribution in [0, 0.1) is 11.8 Å². The van der Waals surface area contributed by atoms with E-state index in [0.29, 0.717) is 54.3 Å². The number of halogens is 5. The summed E-state index contributed by atoms with van der Waals surface area (Å²) in [5.74, 6) is 2.40.